The molecule has 1 aliphatic rings. The molecular weight excluding hydrogens is 272 g/mol. The van der Waals surface area contributed by atoms with Crippen molar-refractivity contribution in [2.75, 3.05) is 6.61 Å². The zero-order chi connectivity index (χ0) is 14.8. The number of nitrogens with zero attached hydrogens (tertiary/aromatic N) is 3. The van der Waals surface area contributed by atoms with Gasteiger partial charge in [-0.25, -0.2) is 9.48 Å². The zero-order valence-electron chi connectivity index (χ0n) is 11.7. The molecule has 0 bridgehead atoms. The highest BCUT2D eigenvalue weighted by Gasteiger charge is 2.23. The summed E-state index contributed by atoms with van der Waals surface area (Å²) in [7, 11) is 0. The Balaban J connectivity index is 1.64. The van der Waals surface area contributed by atoms with E-state index in [-0.39, 0.29) is 18.6 Å². The molecule has 110 valence electrons. The minimum absolute atomic E-state index is 0.255. The van der Waals surface area contributed by atoms with Crippen LogP contribution < -0.4 is 5.32 Å². The number of aromatic nitrogens is 3. The number of carbonyl (C=O) groups excluding carboxylic acids is 2. The topological polar surface area (TPSA) is 86.1 Å². The molecule has 1 fully saturated rings. The summed E-state index contributed by atoms with van der Waals surface area (Å²) >= 11 is 0. The van der Waals surface area contributed by atoms with Crippen LogP contribution in [-0.4, -0.2) is 39.5 Å². The Labute approximate surface area is 121 Å². The van der Waals surface area contributed by atoms with Crippen LogP contribution in [0.1, 0.15) is 30.1 Å². The standard InChI is InChI=1S/C14H16N4O3/c1-2-18-12-6-3-9(7-11(12)16-17-18)14(20)21-8-13(19)15-10-4-5-10/h3,6-7,10H,2,4-5,8H2,1H3,(H,15,19). The second-order valence-corrected chi connectivity index (χ2v) is 5.03. The van der Waals surface area contributed by atoms with E-state index in [1.165, 1.54) is 0 Å². The molecule has 2 aromatic rings. The van der Waals surface area contributed by atoms with Crippen LogP contribution in [0.3, 0.4) is 0 Å². The Morgan fingerprint density at radius 3 is 2.95 bits per heavy atom. The molecule has 1 aliphatic carbocycles. The molecule has 0 radical (unpaired) electrons. The van der Waals surface area contributed by atoms with Gasteiger partial charge in [0.15, 0.2) is 6.61 Å². The lowest BCUT2D eigenvalue weighted by Gasteiger charge is -2.05. The molecule has 0 atom stereocenters. The van der Waals surface area contributed by atoms with Gasteiger partial charge in [0.05, 0.1) is 11.1 Å². The Morgan fingerprint density at radius 1 is 1.43 bits per heavy atom. The smallest absolute Gasteiger partial charge is 0.338 e. The van der Waals surface area contributed by atoms with Crippen molar-refractivity contribution in [2.24, 2.45) is 0 Å². The summed E-state index contributed by atoms with van der Waals surface area (Å²) in [4.78, 5) is 23.4. The third kappa shape index (κ3) is 3.01. The average molecular weight is 288 g/mol. The van der Waals surface area contributed by atoms with Crippen LogP contribution >= 0.6 is 0 Å². The van der Waals surface area contributed by atoms with Crippen molar-refractivity contribution in [1.29, 1.82) is 0 Å². The third-order valence-electron chi connectivity index (χ3n) is 3.33. The summed E-state index contributed by atoms with van der Waals surface area (Å²) in [6.45, 7) is 2.42. The SMILES string of the molecule is CCn1nnc2cc(C(=O)OCC(=O)NC3CC3)ccc21. The largest absolute Gasteiger partial charge is 0.452 e. The number of rotatable bonds is 5. The molecule has 0 aliphatic heterocycles. The molecule has 1 saturated carbocycles. The highest BCUT2D eigenvalue weighted by Crippen LogP contribution is 2.18. The number of aryl methyl sites for hydroxylation is 1. The summed E-state index contributed by atoms with van der Waals surface area (Å²) in [5.41, 5.74) is 1.86. The van der Waals surface area contributed by atoms with Crippen LogP contribution in [0.2, 0.25) is 0 Å². The van der Waals surface area contributed by atoms with Gasteiger partial charge < -0.3 is 10.1 Å². The Morgan fingerprint density at radius 2 is 2.24 bits per heavy atom. The van der Waals surface area contributed by atoms with Gasteiger partial charge in [-0.3, -0.25) is 4.79 Å². The number of hydrogen-bond donors (Lipinski definition) is 1. The molecule has 7 nitrogen and oxygen atoms in total. The first-order chi connectivity index (χ1) is 10.2. The van der Waals surface area contributed by atoms with Gasteiger partial charge in [-0.15, -0.1) is 5.10 Å². The Kier molecular flexibility index (Phi) is 3.55. The quantitative estimate of drug-likeness (QED) is 0.826. The second kappa shape index (κ2) is 5.51. The molecule has 1 aromatic carbocycles. The number of fused-ring (bicyclic) bond motifs is 1. The number of carbonyl (C=O) groups is 2. The second-order valence-electron chi connectivity index (χ2n) is 5.03. The van der Waals surface area contributed by atoms with E-state index in [0.717, 1.165) is 18.4 Å². The molecule has 21 heavy (non-hydrogen) atoms. The van der Waals surface area contributed by atoms with Crippen LogP contribution in [0, 0.1) is 0 Å². The van der Waals surface area contributed by atoms with E-state index in [2.05, 4.69) is 15.6 Å². The van der Waals surface area contributed by atoms with Gasteiger partial charge >= 0.3 is 5.97 Å². The van der Waals surface area contributed by atoms with Crippen molar-refractivity contribution in [3.05, 3.63) is 23.8 Å². The van der Waals surface area contributed by atoms with E-state index in [9.17, 15) is 9.59 Å². The van der Waals surface area contributed by atoms with Crippen LogP contribution in [0.25, 0.3) is 11.0 Å². The Bertz CT molecular complexity index is 691. The number of nitrogens with one attached hydrogen (secondary N) is 1. The summed E-state index contributed by atoms with van der Waals surface area (Å²) in [5, 5.41) is 10.7. The third-order valence-corrected chi connectivity index (χ3v) is 3.33. The molecular formula is C14H16N4O3. The van der Waals surface area contributed by atoms with Crippen molar-refractivity contribution in [3.8, 4) is 0 Å². The first-order valence-corrected chi connectivity index (χ1v) is 6.97. The first-order valence-electron chi connectivity index (χ1n) is 6.97. The van der Waals surface area contributed by atoms with Crippen molar-refractivity contribution < 1.29 is 14.3 Å². The van der Waals surface area contributed by atoms with E-state index in [1.54, 1.807) is 22.9 Å². The van der Waals surface area contributed by atoms with Crippen molar-refractivity contribution in [2.45, 2.75) is 32.4 Å². The van der Waals surface area contributed by atoms with Crippen molar-refractivity contribution in [3.63, 3.8) is 0 Å². The van der Waals surface area contributed by atoms with Gasteiger partial charge in [0.2, 0.25) is 0 Å². The highest BCUT2D eigenvalue weighted by atomic mass is 16.5. The van der Waals surface area contributed by atoms with Crippen LogP contribution in [-0.2, 0) is 16.1 Å². The number of benzene rings is 1. The van der Waals surface area contributed by atoms with E-state index in [4.69, 9.17) is 4.74 Å². The summed E-state index contributed by atoms with van der Waals surface area (Å²) in [6, 6.07) is 5.31. The molecule has 1 aromatic heterocycles. The minimum atomic E-state index is -0.533. The summed E-state index contributed by atoms with van der Waals surface area (Å²) < 4.78 is 6.74. The van der Waals surface area contributed by atoms with E-state index in [1.807, 2.05) is 6.92 Å². The molecule has 0 unspecified atom stereocenters. The van der Waals surface area contributed by atoms with Crippen LogP contribution in [0.15, 0.2) is 18.2 Å². The van der Waals surface area contributed by atoms with Gasteiger partial charge in [0, 0.05) is 12.6 Å². The van der Waals surface area contributed by atoms with E-state index < -0.39 is 5.97 Å². The molecule has 0 spiro atoms. The maximum Gasteiger partial charge on any atom is 0.338 e. The number of esters is 1. The van der Waals surface area contributed by atoms with E-state index >= 15 is 0 Å². The Hall–Kier alpha value is -2.44. The molecule has 3 rings (SSSR count). The van der Waals surface area contributed by atoms with Gasteiger partial charge in [-0.2, -0.15) is 0 Å². The summed E-state index contributed by atoms with van der Waals surface area (Å²) in [6.07, 6.45) is 2.01. The van der Waals surface area contributed by atoms with Crippen molar-refractivity contribution in [1.82, 2.24) is 20.3 Å². The van der Waals surface area contributed by atoms with Gasteiger partial charge in [-0.1, -0.05) is 5.21 Å². The molecule has 0 saturated heterocycles. The summed E-state index contributed by atoms with van der Waals surface area (Å²) in [5.74, 6) is -0.794. The maximum atomic E-state index is 11.9. The monoisotopic (exact) mass is 288 g/mol. The fraction of sp³-hybridized carbons (Fsp3) is 0.429. The fourth-order valence-corrected chi connectivity index (χ4v) is 2.04. The predicted molar refractivity (Wildman–Crippen MR) is 74.6 cm³/mol. The van der Waals surface area contributed by atoms with Crippen LogP contribution in [0.5, 0.6) is 0 Å². The lowest BCUT2D eigenvalue weighted by molar-refractivity contribution is -0.124. The maximum absolute atomic E-state index is 11.9. The molecule has 7 heteroatoms. The minimum Gasteiger partial charge on any atom is -0.452 e. The van der Waals surface area contributed by atoms with Gasteiger partial charge in [0.25, 0.3) is 5.91 Å². The van der Waals surface area contributed by atoms with E-state index in [0.29, 0.717) is 17.6 Å². The lowest BCUT2D eigenvalue weighted by Crippen LogP contribution is -2.30. The number of hydrogen-bond acceptors (Lipinski definition) is 5. The lowest BCUT2D eigenvalue weighted by atomic mass is 10.2. The molecule has 1 N–H and O–H groups in total. The first kappa shape index (κ1) is 13.5. The predicted octanol–water partition coefficient (Wildman–Crippen LogP) is 0.887. The average Bonchev–Trinajstić information content (AvgIpc) is 3.20. The van der Waals surface area contributed by atoms with Gasteiger partial charge in [0.1, 0.15) is 5.52 Å². The molecule has 1 amide bonds. The zero-order valence-corrected chi connectivity index (χ0v) is 11.7. The fourth-order valence-electron chi connectivity index (χ4n) is 2.04. The van der Waals surface area contributed by atoms with Crippen LogP contribution in [0.4, 0.5) is 0 Å². The normalized spacial score (nSPS) is 14.1. The van der Waals surface area contributed by atoms with Gasteiger partial charge in [-0.05, 0) is 38.0 Å². The highest BCUT2D eigenvalue weighted by molar-refractivity contribution is 5.94. The molecule has 1 heterocycles. The number of ether oxygens (including phenoxy) is 1. The number of amides is 1. The van der Waals surface area contributed by atoms with Crippen molar-refractivity contribution >= 4 is 22.9 Å².